The summed E-state index contributed by atoms with van der Waals surface area (Å²) in [5.74, 6) is -1.54. The second-order valence-electron chi connectivity index (χ2n) is 4.46. The molecule has 1 N–H and O–H groups in total. The molecular formula is C13H11BrF2N2O2S. The molecule has 2 aromatic rings. The molecule has 112 valence electrons. The summed E-state index contributed by atoms with van der Waals surface area (Å²) < 4.78 is 50.8. The molecule has 1 aromatic heterocycles. The maximum atomic E-state index is 13.5. The fourth-order valence-electron chi connectivity index (χ4n) is 1.60. The van der Waals surface area contributed by atoms with Gasteiger partial charge in [-0.05, 0) is 39.7 Å². The van der Waals surface area contributed by atoms with Crippen LogP contribution in [0.4, 0.5) is 8.78 Å². The molecule has 8 heteroatoms. The van der Waals surface area contributed by atoms with Gasteiger partial charge in [0.2, 0.25) is 5.88 Å². The third-order valence-corrected chi connectivity index (χ3v) is 3.86. The standard InChI is InChI=1S/C13H11BrF2N2O2S/c1-21(17,19)7-8-4-10(14)13(18-6-8)20-12-3-2-9(15)5-11(12)16/h2-6,17H,7H2,1H3. The molecule has 0 amide bonds. The Morgan fingerprint density at radius 1 is 1.38 bits per heavy atom. The van der Waals surface area contributed by atoms with Crippen LogP contribution < -0.4 is 4.74 Å². The van der Waals surface area contributed by atoms with Gasteiger partial charge < -0.3 is 4.74 Å². The maximum Gasteiger partial charge on any atom is 0.233 e. The number of hydrogen-bond acceptors (Lipinski definition) is 4. The van der Waals surface area contributed by atoms with Crippen molar-refractivity contribution in [2.75, 3.05) is 6.26 Å². The minimum atomic E-state index is -2.68. The summed E-state index contributed by atoms with van der Waals surface area (Å²) in [6.45, 7) is 0. The first-order chi connectivity index (χ1) is 9.74. The topological polar surface area (TPSA) is 63.0 Å². The molecule has 2 rings (SSSR count). The first kappa shape index (κ1) is 15.8. The van der Waals surface area contributed by atoms with Crippen LogP contribution in [0, 0.1) is 16.4 Å². The molecular weight excluding hydrogens is 366 g/mol. The van der Waals surface area contributed by atoms with Crippen molar-refractivity contribution in [1.29, 1.82) is 4.78 Å². The fraction of sp³-hybridized carbons (Fsp3) is 0.154. The van der Waals surface area contributed by atoms with Gasteiger partial charge in [-0.15, -0.1) is 0 Å². The van der Waals surface area contributed by atoms with Gasteiger partial charge in [0.1, 0.15) is 5.82 Å². The van der Waals surface area contributed by atoms with Crippen molar-refractivity contribution in [3.63, 3.8) is 0 Å². The van der Waals surface area contributed by atoms with Crippen LogP contribution in [-0.2, 0) is 15.5 Å². The third-order valence-electron chi connectivity index (χ3n) is 2.41. The van der Waals surface area contributed by atoms with Gasteiger partial charge >= 0.3 is 0 Å². The SMILES string of the molecule is CS(=N)(=O)Cc1cnc(Oc2ccc(F)cc2F)c(Br)c1. The number of ether oxygens (including phenoxy) is 1. The minimum absolute atomic E-state index is 0.0593. The largest absolute Gasteiger partial charge is 0.435 e. The second-order valence-corrected chi connectivity index (χ2v) is 7.61. The number of hydrogen-bond donors (Lipinski definition) is 1. The first-order valence-electron chi connectivity index (χ1n) is 5.73. The van der Waals surface area contributed by atoms with Crippen molar-refractivity contribution in [2.45, 2.75) is 5.75 Å². The van der Waals surface area contributed by atoms with Gasteiger partial charge in [-0.3, -0.25) is 4.78 Å². The fourth-order valence-corrected chi connectivity index (χ4v) is 2.87. The highest BCUT2D eigenvalue weighted by Crippen LogP contribution is 2.30. The van der Waals surface area contributed by atoms with Crippen LogP contribution in [0.25, 0.3) is 0 Å². The van der Waals surface area contributed by atoms with E-state index in [1.54, 1.807) is 6.07 Å². The summed E-state index contributed by atoms with van der Waals surface area (Å²) in [5.41, 5.74) is 0.594. The zero-order valence-electron chi connectivity index (χ0n) is 10.9. The molecule has 0 radical (unpaired) electrons. The van der Waals surface area contributed by atoms with E-state index >= 15 is 0 Å². The van der Waals surface area contributed by atoms with Crippen LogP contribution in [0.2, 0.25) is 0 Å². The zero-order valence-corrected chi connectivity index (χ0v) is 13.3. The van der Waals surface area contributed by atoms with E-state index in [0.29, 0.717) is 16.1 Å². The highest BCUT2D eigenvalue weighted by atomic mass is 79.9. The Hall–Kier alpha value is -1.54. The number of halogens is 3. The Bertz CT molecular complexity index is 782. The average Bonchev–Trinajstić information content (AvgIpc) is 2.33. The molecule has 1 heterocycles. The first-order valence-corrected chi connectivity index (χ1v) is 8.66. The molecule has 0 fully saturated rings. The van der Waals surface area contributed by atoms with Gasteiger partial charge in [0.15, 0.2) is 11.6 Å². The highest BCUT2D eigenvalue weighted by molar-refractivity contribution is 9.10. The van der Waals surface area contributed by atoms with Crippen LogP contribution in [0.3, 0.4) is 0 Å². The Labute approximate surface area is 129 Å². The molecule has 0 bridgehead atoms. The van der Waals surface area contributed by atoms with Crippen LogP contribution in [-0.4, -0.2) is 15.4 Å². The van der Waals surface area contributed by atoms with Gasteiger partial charge in [0.05, 0.1) is 10.2 Å². The number of aromatic nitrogens is 1. The predicted octanol–water partition coefficient (Wildman–Crippen LogP) is 4.09. The van der Waals surface area contributed by atoms with Crippen LogP contribution >= 0.6 is 15.9 Å². The average molecular weight is 377 g/mol. The Kier molecular flexibility index (Phi) is 4.58. The lowest BCUT2D eigenvalue weighted by atomic mass is 10.3. The third kappa shape index (κ3) is 4.47. The molecule has 21 heavy (non-hydrogen) atoms. The van der Waals surface area contributed by atoms with Crippen LogP contribution in [0.5, 0.6) is 11.6 Å². The lowest BCUT2D eigenvalue weighted by Gasteiger charge is -2.09. The molecule has 4 nitrogen and oxygen atoms in total. The summed E-state index contributed by atoms with van der Waals surface area (Å²) in [4.78, 5) is 3.98. The minimum Gasteiger partial charge on any atom is -0.435 e. The van der Waals surface area contributed by atoms with E-state index in [1.807, 2.05) is 0 Å². The summed E-state index contributed by atoms with van der Waals surface area (Å²) in [7, 11) is -2.68. The second kappa shape index (κ2) is 6.07. The normalized spacial score (nSPS) is 13.7. The Morgan fingerprint density at radius 3 is 2.67 bits per heavy atom. The van der Waals surface area contributed by atoms with Crippen molar-refractivity contribution in [2.24, 2.45) is 0 Å². The number of rotatable bonds is 4. The van der Waals surface area contributed by atoms with Crippen molar-refractivity contribution < 1.29 is 17.7 Å². The van der Waals surface area contributed by atoms with E-state index in [4.69, 9.17) is 9.52 Å². The smallest absolute Gasteiger partial charge is 0.233 e. The van der Waals surface area contributed by atoms with Gasteiger partial charge in [-0.2, -0.15) is 0 Å². The lowest BCUT2D eigenvalue weighted by molar-refractivity contribution is 0.421. The molecule has 0 aliphatic carbocycles. The van der Waals surface area contributed by atoms with E-state index in [0.717, 1.165) is 12.1 Å². The summed E-state index contributed by atoms with van der Waals surface area (Å²) in [6, 6.07) is 4.55. The van der Waals surface area contributed by atoms with Crippen LogP contribution in [0.1, 0.15) is 5.56 Å². The molecule has 1 unspecified atom stereocenters. The number of pyridine rings is 1. The number of benzene rings is 1. The van der Waals surface area contributed by atoms with Crippen molar-refractivity contribution in [3.05, 3.63) is 52.1 Å². The van der Waals surface area contributed by atoms with Gasteiger partial charge in [0, 0.05) is 28.2 Å². The summed E-state index contributed by atoms with van der Waals surface area (Å²) in [5, 5.41) is 0. The highest BCUT2D eigenvalue weighted by Gasteiger charge is 2.11. The van der Waals surface area contributed by atoms with E-state index < -0.39 is 21.4 Å². The van der Waals surface area contributed by atoms with Crippen molar-refractivity contribution >= 4 is 25.7 Å². The monoisotopic (exact) mass is 376 g/mol. The van der Waals surface area contributed by atoms with Crippen LogP contribution in [0.15, 0.2) is 34.9 Å². The molecule has 0 spiro atoms. The Morgan fingerprint density at radius 2 is 2.10 bits per heavy atom. The molecule has 0 saturated heterocycles. The van der Waals surface area contributed by atoms with E-state index in [9.17, 15) is 13.0 Å². The lowest BCUT2D eigenvalue weighted by Crippen LogP contribution is -2.00. The van der Waals surface area contributed by atoms with E-state index in [1.165, 1.54) is 12.5 Å². The molecule has 1 aromatic carbocycles. The van der Waals surface area contributed by atoms with Gasteiger partial charge in [-0.25, -0.2) is 18.0 Å². The van der Waals surface area contributed by atoms with E-state index in [2.05, 4.69) is 20.9 Å². The molecule has 0 aliphatic rings. The van der Waals surface area contributed by atoms with Gasteiger partial charge in [0.25, 0.3) is 0 Å². The van der Waals surface area contributed by atoms with E-state index in [-0.39, 0.29) is 17.4 Å². The quantitative estimate of drug-likeness (QED) is 0.873. The predicted molar refractivity (Wildman–Crippen MR) is 78.9 cm³/mol. The summed E-state index contributed by atoms with van der Waals surface area (Å²) >= 11 is 3.21. The molecule has 0 saturated carbocycles. The van der Waals surface area contributed by atoms with Gasteiger partial charge in [-0.1, -0.05) is 0 Å². The molecule has 1 atom stereocenters. The number of nitrogens with one attached hydrogen (secondary N) is 1. The maximum absolute atomic E-state index is 13.5. The van der Waals surface area contributed by atoms with Crippen molar-refractivity contribution in [1.82, 2.24) is 4.98 Å². The van der Waals surface area contributed by atoms with Crippen molar-refractivity contribution in [3.8, 4) is 11.6 Å². The summed E-state index contributed by atoms with van der Waals surface area (Å²) in [6.07, 6.45) is 2.73. The Balaban J connectivity index is 2.25. The number of nitrogens with zero attached hydrogens (tertiary/aromatic N) is 1. The molecule has 0 aliphatic heterocycles. The zero-order chi connectivity index (χ0) is 15.6.